The molecular formula is C13H28O4. The van der Waals surface area contributed by atoms with Crippen molar-refractivity contribution in [3.63, 3.8) is 0 Å². The molecule has 1 aliphatic rings. The first kappa shape index (κ1) is 16.8. The van der Waals surface area contributed by atoms with Crippen molar-refractivity contribution < 1.29 is 20.4 Å². The van der Waals surface area contributed by atoms with Gasteiger partial charge in [-0.1, -0.05) is 19.3 Å². The Morgan fingerprint density at radius 2 is 1.47 bits per heavy atom. The smallest absolute Gasteiger partial charge is 0.0481 e. The zero-order chi connectivity index (χ0) is 12.9. The minimum atomic E-state index is -0.0443. The number of aliphatic hydroxyl groups is 4. The van der Waals surface area contributed by atoms with Crippen LogP contribution in [0.4, 0.5) is 0 Å². The van der Waals surface area contributed by atoms with Crippen LogP contribution in [-0.2, 0) is 0 Å². The normalized spacial score (nSPS) is 16.8. The van der Waals surface area contributed by atoms with Gasteiger partial charge in [-0.05, 0) is 31.6 Å². The fraction of sp³-hybridized carbons (Fsp3) is 1.00. The van der Waals surface area contributed by atoms with E-state index in [1.54, 1.807) is 0 Å². The van der Waals surface area contributed by atoms with Gasteiger partial charge in [0, 0.05) is 32.3 Å². The van der Waals surface area contributed by atoms with Gasteiger partial charge in [0.15, 0.2) is 0 Å². The quantitative estimate of drug-likeness (QED) is 0.563. The number of hydrogen-bond acceptors (Lipinski definition) is 4. The third-order valence-corrected chi connectivity index (χ3v) is 3.27. The Labute approximate surface area is 104 Å². The topological polar surface area (TPSA) is 80.9 Å². The van der Waals surface area contributed by atoms with Crippen LogP contribution in [-0.4, -0.2) is 46.9 Å². The Morgan fingerprint density at radius 3 is 1.82 bits per heavy atom. The number of hydrogen-bond donors (Lipinski definition) is 4. The number of aliphatic hydroxyl groups excluding tert-OH is 4. The second-order valence-electron chi connectivity index (χ2n) is 4.78. The predicted molar refractivity (Wildman–Crippen MR) is 67.6 cm³/mol. The molecule has 0 spiro atoms. The summed E-state index contributed by atoms with van der Waals surface area (Å²) in [6.45, 7) is 0.573. The number of rotatable bonds is 6. The van der Waals surface area contributed by atoms with Crippen molar-refractivity contribution in [3.8, 4) is 0 Å². The van der Waals surface area contributed by atoms with Crippen LogP contribution in [0.5, 0.6) is 0 Å². The van der Waals surface area contributed by atoms with E-state index in [4.69, 9.17) is 20.4 Å². The summed E-state index contributed by atoms with van der Waals surface area (Å²) in [6, 6.07) is 0. The van der Waals surface area contributed by atoms with Crippen molar-refractivity contribution in [3.05, 3.63) is 0 Å². The second-order valence-corrected chi connectivity index (χ2v) is 4.78. The SMILES string of the molecule is OCC1CCCCC1.OCCCC(CO)CO. The van der Waals surface area contributed by atoms with Gasteiger partial charge in [-0.3, -0.25) is 0 Å². The van der Waals surface area contributed by atoms with Crippen LogP contribution in [0.15, 0.2) is 0 Å². The molecule has 1 rings (SSSR count). The lowest BCUT2D eigenvalue weighted by Gasteiger charge is -2.18. The van der Waals surface area contributed by atoms with Gasteiger partial charge in [0.25, 0.3) is 0 Å². The Morgan fingerprint density at radius 1 is 0.882 bits per heavy atom. The summed E-state index contributed by atoms with van der Waals surface area (Å²) >= 11 is 0. The van der Waals surface area contributed by atoms with Crippen LogP contribution < -0.4 is 0 Å². The van der Waals surface area contributed by atoms with Crippen LogP contribution in [0.25, 0.3) is 0 Å². The van der Waals surface area contributed by atoms with Gasteiger partial charge in [0.05, 0.1) is 0 Å². The molecule has 0 heterocycles. The lowest BCUT2D eigenvalue weighted by atomic mass is 9.90. The fourth-order valence-electron chi connectivity index (χ4n) is 1.99. The first-order valence-electron chi connectivity index (χ1n) is 6.71. The maximum absolute atomic E-state index is 8.69. The zero-order valence-corrected chi connectivity index (χ0v) is 10.7. The summed E-state index contributed by atoms with van der Waals surface area (Å²) in [4.78, 5) is 0. The van der Waals surface area contributed by atoms with E-state index in [9.17, 15) is 0 Å². The molecule has 1 aliphatic carbocycles. The summed E-state index contributed by atoms with van der Waals surface area (Å²) in [5.41, 5.74) is 0. The molecule has 0 aromatic rings. The lowest BCUT2D eigenvalue weighted by Crippen LogP contribution is -2.11. The van der Waals surface area contributed by atoms with Gasteiger partial charge < -0.3 is 20.4 Å². The van der Waals surface area contributed by atoms with Gasteiger partial charge in [0.1, 0.15) is 0 Å². The zero-order valence-electron chi connectivity index (χ0n) is 10.7. The van der Waals surface area contributed by atoms with Crippen LogP contribution in [0.2, 0.25) is 0 Å². The van der Waals surface area contributed by atoms with E-state index in [0.717, 1.165) is 0 Å². The minimum Gasteiger partial charge on any atom is -0.396 e. The molecule has 104 valence electrons. The Balaban J connectivity index is 0.000000302. The highest BCUT2D eigenvalue weighted by atomic mass is 16.3. The van der Waals surface area contributed by atoms with Crippen molar-refractivity contribution >= 4 is 0 Å². The largest absolute Gasteiger partial charge is 0.396 e. The van der Waals surface area contributed by atoms with Gasteiger partial charge in [-0.25, -0.2) is 0 Å². The maximum atomic E-state index is 8.69. The van der Waals surface area contributed by atoms with Crippen LogP contribution in [0.3, 0.4) is 0 Å². The van der Waals surface area contributed by atoms with Crippen molar-refractivity contribution in [2.24, 2.45) is 11.8 Å². The van der Waals surface area contributed by atoms with Crippen LogP contribution in [0.1, 0.15) is 44.9 Å². The molecule has 0 aromatic heterocycles. The molecule has 0 amide bonds. The predicted octanol–water partition coefficient (Wildman–Crippen LogP) is 0.919. The van der Waals surface area contributed by atoms with Crippen molar-refractivity contribution in [2.75, 3.05) is 26.4 Å². The maximum Gasteiger partial charge on any atom is 0.0481 e. The molecule has 4 heteroatoms. The highest BCUT2D eigenvalue weighted by Gasteiger charge is 2.10. The van der Waals surface area contributed by atoms with Gasteiger partial charge >= 0.3 is 0 Å². The highest BCUT2D eigenvalue weighted by Crippen LogP contribution is 2.22. The fourth-order valence-corrected chi connectivity index (χ4v) is 1.99. The summed E-state index contributed by atoms with van der Waals surface area (Å²) in [5, 5.41) is 34.1. The molecular weight excluding hydrogens is 220 g/mol. The first-order valence-corrected chi connectivity index (χ1v) is 6.71. The lowest BCUT2D eigenvalue weighted by molar-refractivity contribution is 0.136. The van der Waals surface area contributed by atoms with E-state index in [-0.39, 0.29) is 25.7 Å². The molecule has 0 aliphatic heterocycles. The van der Waals surface area contributed by atoms with E-state index in [2.05, 4.69) is 0 Å². The van der Waals surface area contributed by atoms with Crippen molar-refractivity contribution in [1.29, 1.82) is 0 Å². The molecule has 17 heavy (non-hydrogen) atoms. The second kappa shape index (κ2) is 12.3. The highest BCUT2D eigenvalue weighted by molar-refractivity contribution is 4.63. The average molecular weight is 248 g/mol. The molecule has 0 unspecified atom stereocenters. The van der Waals surface area contributed by atoms with Crippen LogP contribution >= 0.6 is 0 Å². The van der Waals surface area contributed by atoms with Crippen molar-refractivity contribution in [1.82, 2.24) is 0 Å². The van der Waals surface area contributed by atoms with Gasteiger partial charge in [0.2, 0.25) is 0 Å². The molecule has 4 N–H and O–H groups in total. The van der Waals surface area contributed by atoms with Gasteiger partial charge in [-0.2, -0.15) is 0 Å². The Bertz CT molecular complexity index is 142. The van der Waals surface area contributed by atoms with Crippen LogP contribution in [0, 0.1) is 11.8 Å². The third-order valence-electron chi connectivity index (χ3n) is 3.27. The molecule has 4 nitrogen and oxygen atoms in total. The summed E-state index contributed by atoms with van der Waals surface area (Å²) in [6.07, 6.45) is 7.94. The van der Waals surface area contributed by atoms with Gasteiger partial charge in [-0.15, -0.1) is 0 Å². The van der Waals surface area contributed by atoms with E-state index >= 15 is 0 Å². The molecule has 0 bridgehead atoms. The third kappa shape index (κ3) is 9.53. The summed E-state index contributed by atoms with van der Waals surface area (Å²) in [7, 11) is 0. The molecule has 1 fully saturated rings. The minimum absolute atomic E-state index is 0.0104. The Kier molecular flexibility index (Phi) is 12.2. The van der Waals surface area contributed by atoms with E-state index in [0.29, 0.717) is 25.4 Å². The molecule has 0 atom stereocenters. The molecule has 0 saturated heterocycles. The summed E-state index contributed by atoms with van der Waals surface area (Å²) < 4.78 is 0. The first-order chi connectivity index (χ1) is 8.28. The molecule has 0 aromatic carbocycles. The van der Waals surface area contributed by atoms with E-state index in [1.165, 1.54) is 32.1 Å². The monoisotopic (exact) mass is 248 g/mol. The van der Waals surface area contributed by atoms with E-state index in [1.807, 2.05) is 0 Å². The Hall–Kier alpha value is -0.160. The molecule has 0 radical (unpaired) electrons. The van der Waals surface area contributed by atoms with E-state index < -0.39 is 0 Å². The summed E-state index contributed by atoms with van der Waals surface area (Å²) in [5.74, 6) is 0.598. The molecule has 1 saturated carbocycles. The average Bonchev–Trinajstić information content (AvgIpc) is 2.42. The van der Waals surface area contributed by atoms with Crippen molar-refractivity contribution in [2.45, 2.75) is 44.9 Å². The standard InChI is InChI=1S/C7H14O.C6H14O3/c8-6-7-4-2-1-3-5-7;7-3-1-2-6(4-8)5-9/h7-8H,1-6H2;6-9H,1-5H2.